The number of hydrogen-bond donors (Lipinski definition) is 1. The van der Waals surface area contributed by atoms with Gasteiger partial charge in [0.1, 0.15) is 0 Å². The van der Waals surface area contributed by atoms with Crippen LogP contribution in [-0.2, 0) is 10.0 Å². The normalized spacial score (nSPS) is 21.0. The maximum atomic E-state index is 12.9. The van der Waals surface area contributed by atoms with E-state index in [1.807, 2.05) is 18.2 Å². The van der Waals surface area contributed by atoms with Crippen molar-refractivity contribution in [3.8, 4) is 0 Å². The second-order valence-electron chi connectivity index (χ2n) is 7.26. The minimum absolute atomic E-state index is 0.336. The lowest BCUT2D eigenvalue weighted by Gasteiger charge is -2.32. The molecule has 1 aromatic rings. The van der Waals surface area contributed by atoms with Crippen molar-refractivity contribution < 1.29 is 8.42 Å². The Hall–Kier alpha value is -0.910. The molecule has 0 unspecified atom stereocenters. The lowest BCUT2D eigenvalue weighted by Crippen LogP contribution is -2.45. The first-order chi connectivity index (χ1) is 11.0. The van der Waals surface area contributed by atoms with Gasteiger partial charge >= 0.3 is 0 Å². The second-order valence-corrected chi connectivity index (χ2v) is 9.20. The van der Waals surface area contributed by atoms with Crippen molar-refractivity contribution in [3.05, 3.63) is 29.8 Å². The van der Waals surface area contributed by atoms with Gasteiger partial charge in [-0.3, -0.25) is 0 Å². The lowest BCUT2D eigenvalue weighted by atomic mass is 10.0. The number of piperidine rings is 1. The van der Waals surface area contributed by atoms with Crippen LogP contribution < -0.4 is 5.32 Å². The molecule has 1 heterocycles. The summed E-state index contributed by atoms with van der Waals surface area (Å²) in [5.74, 6) is 1.21. The number of nitrogens with one attached hydrogen (secondary N) is 1. The van der Waals surface area contributed by atoms with Crippen molar-refractivity contribution in [1.82, 2.24) is 9.62 Å². The first-order valence-electron chi connectivity index (χ1n) is 8.80. The molecule has 3 rings (SSSR count). The zero-order valence-electron chi connectivity index (χ0n) is 14.2. The summed E-state index contributed by atoms with van der Waals surface area (Å²) >= 11 is 0. The van der Waals surface area contributed by atoms with E-state index in [4.69, 9.17) is 0 Å². The van der Waals surface area contributed by atoms with E-state index >= 15 is 0 Å². The van der Waals surface area contributed by atoms with E-state index in [2.05, 4.69) is 19.2 Å². The molecule has 2 aliphatic rings. The molecule has 1 aromatic carbocycles. The highest BCUT2D eigenvalue weighted by molar-refractivity contribution is 7.89. The van der Waals surface area contributed by atoms with Crippen LogP contribution in [0, 0.1) is 5.92 Å². The molecule has 23 heavy (non-hydrogen) atoms. The molecule has 0 radical (unpaired) electrons. The zero-order chi connectivity index (χ0) is 16.4. The van der Waals surface area contributed by atoms with Crippen LogP contribution in [0.15, 0.2) is 29.2 Å². The SMILES string of the molecule is CC(C)c1cccc(S(=O)(=O)N2CCC(NCC3CC3)CC2)c1. The van der Waals surface area contributed by atoms with E-state index in [-0.39, 0.29) is 0 Å². The maximum absolute atomic E-state index is 12.9. The topological polar surface area (TPSA) is 49.4 Å². The van der Waals surface area contributed by atoms with Crippen LogP contribution in [0.5, 0.6) is 0 Å². The molecule has 1 N–H and O–H groups in total. The highest BCUT2D eigenvalue weighted by Gasteiger charge is 2.30. The van der Waals surface area contributed by atoms with Crippen molar-refractivity contribution in [2.75, 3.05) is 19.6 Å². The Balaban J connectivity index is 1.62. The second kappa shape index (κ2) is 6.91. The maximum Gasteiger partial charge on any atom is 0.243 e. The minimum Gasteiger partial charge on any atom is -0.314 e. The Morgan fingerprint density at radius 2 is 1.87 bits per heavy atom. The Labute approximate surface area is 140 Å². The van der Waals surface area contributed by atoms with E-state index in [9.17, 15) is 8.42 Å². The van der Waals surface area contributed by atoms with Gasteiger partial charge in [0, 0.05) is 19.1 Å². The largest absolute Gasteiger partial charge is 0.314 e. The molecule has 0 amide bonds. The number of sulfonamides is 1. The summed E-state index contributed by atoms with van der Waals surface area (Å²) in [6, 6.07) is 7.88. The van der Waals surface area contributed by atoms with Crippen molar-refractivity contribution in [2.45, 2.75) is 56.4 Å². The van der Waals surface area contributed by atoms with Crippen LogP contribution >= 0.6 is 0 Å². The summed E-state index contributed by atoms with van der Waals surface area (Å²) < 4.78 is 27.4. The summed E-state index contributed by atoms with van der Waals surface area (Å²) in [5.41, 5.74) is 1.08. The van der Waals surface area contributed by atoms with Gasteiger partial charge in [-0.15, -0.1) is 0 Å². The summed E-state index contributed by atoms with van der Waals surface area (Å²) in [6.07, 6.45) is 4.53. The molecule has 4 nitrogen and oxygen atoms in total. The van der Waals surface area contributed by atoms with Crippen LogP contribution in [0.4, 0.5) is 0 Å². The molecular weight excluding hydrogens is 308 g/mol. The number of nitrogens with zero attached hydrogens (tertiary/aromatic N) is 1. The van der Waals surface area contributed by atoms with Crippen LogP contribution in [0.2, 0.25) is 0 Å². The minimum atomic E-state index is -3.35. The van der Waals surface area contributed by atoms with Gasteiger partial charge in [0.15, 0.2) is 0 Å². The fourth-order valence-electron chi connectivity index (χ4n) is 3.14. The fraction of sp³-hybridized carbons (Fsp3) is 0.667. The highest BCUT2D eigenvalue weighted by Crippen LogP contribution is 2.28. The standard InChI is InChI=1S/C18H28N2O2S/c1-14(2)16-4-3-5-18(12-16)23(21,22)20-10-8-17(9-11-20)19-13-15-6-7-15/h3-5,12,14-15,17,19H,6-11,13H2,1-2H3. The molecule has 0 spiro atoms. The molecule has 2 fully saturated rings. The van der Waals surface area contributed by atoms with Gasteiger partial charge in [-0.2, -0.15) is 4.31 Å². The summed E-state index contributed by atoms with van der Waals surface area (Å²) in [7, 11) is -3.35. The Kier molecular flexibility index (Phi) is 5.09. The van der Waals surface area contributed by atoms with Gasteiger partial charge in [-0.05, 0) is 61.8 Å². The van der Waals surface area contributed by atoms with Gasteiger partial charge in [-0.25, -0.2) is 8.42 Å². The molecular formula is C18H28N2O2S. The van der Waals surface area contributed by atoms with Gasteiger partial charge in [0.05, 0.1) is 4.90 Å². The molecule has 1 aliphatic carbocycles. The molecule has 0 atom stereocenters. The smallest absolute Gasteiger partial charge is 0.243 e. The van der Waals surface area contributed by atoms with Gasteiger partial charge in [0.25, 0.3) is 0 Å². The van der Waals surface area contributed by atoms with E-state index in [1.54, 1.807) is 10.4 Å². The molecule has 128 valence electrons. The summed E-state index contributed by atoms with van der Waals surface area (Å²) in [5, 5.41) is 3.60. The Morgan fingerprint density at radius 3 is 2.48 bits per heavy atom. The Morgan fingerprint density at radius 1 is 1.17 bits per heavy atom. The summed E-state index contributed by atoms with van der Waals surface area (Å²) in [4.78, 5) is 0.438. The third-order valence-corrected chi connectivity index (χ3v) is 6.90. The van der Waals surface area contributed by atoms with Crippen molar-refractivity contribution >= 4 is 10.0 Å². The first-order valence-corrected chi connectivity index (χ1v) is 10.2. The molecule has 1 saturated heterocycles. The average Bonchev–Trinajstić information content (AvgIpc) is 3.38. The van der Waals surface area contributed by atoms with E-state index in [1.165, 1.54) is 12.8 Å². The third-order valence-electron chi connectivity index (χ3n) is 5.01. The molecule has 0 bridgehead atoms. The predicted octanol–water partition coefficient (Wildman–Crippen LogP) is 2.96. The molecule has 1 aliphatic heterocycles. The van der Waals surface area contributed by atoms with Crippen molar-refractivity contribution in [2.24, 2.45) is 5.92 Å². The van der Waals surface area contributed by atoms with Crippen molar-refractivity contribution in [1.29, 1.82) is 0 Å². The quantitative estimate of drug-likeness (QED) is 0.869. The van der Waals surface area contributed by atoms with Gasteiger partial charge in [0.2, 0.25) is 10.0 Å². The molecule has 0 aromatic heterocycles. The van der Waals surface area contributed by atoms with Crippen LogP contribution in [0.25, 0.3) is 0 Å². The van der Waals surface area contributed by atoms with Crippen molar-refractivity contribution in [3.63, 3.8) is 0 Å². The van der Waals surface area contributed by atoms with Gasteiger partial charge in [-0.1, -0.05) is 26.0 Å². The number of rotatable bonds is 6. The lowest BCUT2D eigenvalue weighted by molar-refractivity contribution is 0.288. The first kappa shape index (κ1) is 16.9. The molecule has 1 saturated carbocycles. The van der Waals surface area contributed by atoms with E-state index in [0.717, 1.165) is 30.9 Å². The highest BCUT2D eigenvalue weighted by atomic mass is 32.2. The molecule has 5 heteroatoms. The van der Waals surface area contributed by atoms with Crippen LogP contribution in [-0.4, -0.2) is 38.4 Å². The Bertz CT molecular complexity index is 630. The number of hydrogen-bond acceptors (Lipinski definition) is 3. The third kappa shape index (κ3) is 4.14. The average molecular weight is 337 g/mol. The monoisotopic (exact) mass is 336 g/mol. The summed E-state index contributed by atoms with van der Waals surface area (Å²) in [6.45, 7) is 6.52. The number of benzene rings is 1. The van der Waals surface area contributed by atoms with Gasteiger partial charge < -0.3 is 5.32 Å². The zero-order valence-corrected chi connectivity index (χ0v) is 15.0. The fourth-order valence-corrected chi connectivity index (χ4v) is 4.66. The van der Waals surface area contributed by atoms with Crippen LogP contribution in [0.1, 0.15) is 51.0 Å². The van der Waals surface area contributed by atoms with E-state index in [0.29, 0.717) is 29.9 Å². The predicted molar refractivity (Wildman–Crippen MR) is 93.0 cm³/mol. The van der Waals surface area contributed by atoms with E-state index < -0.39 is 10.0 Å². The van der Waals surface area contributed by atoms with Crippen LogP contribution in [0.3, 0.4) is 0 Å².